The summed E-state index contributed by atoms with van der Waals surface area (Å²) in [6.07, 6.45) is 0.548. The number of esters is 1. The molecule has 104 valence electrons. The molecule has 1 aromatic rings. The van der Waals surface area contributed by atoms with Crippen LogP contribution in [0.15, 0.2) is 28.7 Å². The average Bonchev–Trinajstić information content (AvgIpc) is 2.36. The van der Waals surface area contributed by atoms with Crippen molar-refractivity contribution < 1.29 is 14.3 Å². The molecule has 0 heterocycles. The van der Waals surface area contributed by atoms with Crippen LogP contribution in [0.5, 0.6) is 0 Å². The predicted octanol–water partition coefficient (Wildman–Crippen LogP) is 2.77. The third-order valence-electron chi connectivity index (χ3n) is 2.58. The quantitative estimate of drug-likeness (QED) is 0.846. The molecule has 1 atom stereocenters. The van der Waals surface area contributed by atoms with Crippen LogP contribution in [-0.2, 0) is 9.53 Å². The second-order valence-electron chi connectivity index (χ2n) is 4.69. The van der Waals surface area contributed by atoms with Crippen molar-refractivity contribution in [1.29, 1.82) is 0 Å². The number of carbonyl (C=O) groups excluding carboxylic acids is 2. The van der Waals surface area contributed by atoms with Gasteiger partial charge in [0, 0.05) is 10.0 Å². The minimum absolute atomic E-state index is 0.280. The van der Waals surface area contributed by atoms with Crippen LogP contribution in [0.3, 0.4) is 0 Å². The second-order valence-corrected chi connectivity index (χ2v) is 5.60. The van der Waals surface area contributed by atoms with E-state index in [1.807, 2.05) is 19.9 Å². The summed E-state index contributed by atoms with van der Waals surface area (Å²) in [6, 6.07) is 6.40. The third kappa shape index (κ3) is 5.03. The molecule has 0 aliphatic heterocycles. The lowest BCUT2D eigenvalue weighted by Crippen LogP contribution is -2.42. The third-order valence-corrected chi connectivity index (χ3v) is 3.08. The number of ether oxygens (including phenoxy) is 1. The Hall–Kier alpha value is -1.36. The van der Waals surface area contributed by atoms with Crippen LogP contribution < -0.4 is 5.32 Å². The maximum absolute atomic E-state index is 12.1. The first-order chi connectivity index (χ1) is 8.93. The van der Waals surface area contributed by atoms with Gasteiger partial charge >= 0.3 is 5.97 Å². The summed E-state index contributed by atoms with van der Waals surface area (Å²) in [6.45, 7) is 3.97. The summed E-state index contributed by atoms with van der Waals surface area (Å²) in [5.41, 5.74) is 0.507. The first-order valence-electron chi connectivity index (χ1n) is 6.08. The van der Waals surface area contributed by atoms with Gasteiger partial charge < -0.3 is 10.1 Å². The monoisotopic (exact) mass is 327 g/mol. The van der Waals surface area contributed by atoms with Gasteiger partial charge in [-0.15, -0.1) is 0 Å². The molecule has 0 aromatic heterocycles. The van der Waals surface area contributed by atoms with E-state index in [9.17, 15) is 9.59 Å². The summed E-state index contributed by atoms with van der Waals surface area (Å²) >= 11 is 3.31. The summed E-state index contributed by atoms with van der Waals surface area (Å²) < 4.78 is 5.53. The Kier molecular flexibility index (Phi) is 6.02. The normalized spacial score (nSPS) is 12.1. The Bertz CT molecular complexity index is 460. The second kappa shape index (κ2) is 7.28. The van der Waals surface area contributed by atoms with Crippen molar-refractivity contribution >= 4 is 27.8 Å². The zero-order chi connectivity index (χ0) is 14.4. The highest BCUT2D eigenvalue weighted by Gasteiger charge is 2.23. The molecule has 1 N–H and O–H groups in total. The van der Waals surface area contributed by atoms with E-state index in [-0.39, 0.29) is 11.8 Å². The molecule has 0 saturated carbocycles. The minimum atomic E-state index is -0.614. The van der Waals surface area contributed by atoms with E-state index in [4.69, 9.17) is 4.74 Å². The molecule has 4 nitrogen and oxygen atoms in total. The van der Waals surface area contributed by atoms with E-state index in [0.29, 0.717) is 12.0 Å². The van der Waals surface area contributed by atoms with Gasteiger partial charge in [-0.3, -0.25) is 4.79 Å². The Morgan fingerprint density at radius 1 is 1.37 bits per heavy atom. The van der Waals surface area contributed by atoms with E-state index >= 15 is 0 Å². The fourth-order valence-electron chi connectivity index (χ4n) is 1.70. The van der Waals surface area contributed by atoms with E-state index in [1.54, 1.807) is 18.2 Å². The van der Waals surface area contributed by atoms with Crippen molar-refractivity contribution in [3.63, 3.8) is 0 Å². The summed E-state index contributed by atoms with van der Waals surface area (Å²) in [5.74, 6) is -0.415. The van der Waals surface area contributed by atoms with Gasteiger partial charge in [0.05, 0.1) is 7.11 Å². The molecule has 0 fully saturated rings. The van der Waals surface area contributed by atoms with E-state index in [2.05, 4.69) is 21.2 Å². The van der Waals surface area contributed by atoms with Crippen LogP contribution in [-0.4, -0.2) is 25.0 Å². The lowest BCUT2D eigenvalue weighted by Gasteiger charge is -2.18. The van der Waals surface area contributed by atoms with Crippen molar-refractivity contribution in [2.45, 2.75) is 26.3 Å². The van der Waals surface area contributed by atoms with Crippen molar-refractivity contribution in [3.05, 3.63) is 34.3 Å². The van der Waals surface area contributed by atoms with Crippen molar-refractivity contribution in [2.75, 3.05) is 7.11 Å². The maximum atomic E-state index is 12.1. The van der Waals surface area contributed by atoms with Crippen LogP contribution in [0.4, 0.5) is 0 Å². The molecule has 1 aromatic carbocycles. The number of amides is 1. The van der Waals surface area contributed by atoms with Gasteiger partial charge in [-0.1, -0.05) is 35.8 Å². The van der Waals surface area contributed by atoms with Gasteiger partial charge in [-0.25, -0.2) is 4.79 Å². The molecule has 1 unspecified atom stereocenters. The SMILES string of the molecule is COC(=O)C(CC(C)C)NC(=O)c1cccc(Br)c1. The zero-order valence-electron chi connectivity index (χ0n) is 11.3. The van der Waals surface area contributed by atoms with Gasteiger partial charge in [0.1, 0.15) is 6.04 Å². The molecule has 1 amide bonds. The van der Waals surface area contributed by atoms with Gasteiger partial charge in [-0.05, 0) is 30.5 Å². The largest absolute Gasteiger partial charge is 0.467 e. The lowest BCUT2D eigenvalue weighted by molar-refractivity contribution is -0.143. The van der Waals surface area contributed by atoms with E-state index in [0.717, 1.165) is 4.47 Å². The molecule has 0 spiro atoms. The van der Waals surface area contributed by atoms with Gasteiger partial charge in [0.2, 0.25) is 0 Å². The van der Waals surface area contributed by atoms with Gasteiger partial charge in [0.25, 0.3) is 5.91 Å². The van der Waals surface area contributed by atoms with Gasteiger partial charge in [-0.2, -0.15) is 0 Å². The highest BCUT2D eigenvalue weighted by atomic mass is 79.9. The van der Waals surface area contributed by atoms with E-state index < -0.39 is 12.0 Å². The average molecular weight is 328 g/mol. The summed E-state index contributed by atoms with van der Waals surface area (Å²) in [5, 5.41) is 2.71. The Labute approximate surface area is 121 Å². The number of benzene rings is 1. The number of nitrogens with one attached hydrogen (secondary N) is 1. The molecule has 0 aliphatic rings. The number of hydrogen-bond acceptors (Lipinski definition) is 3. The zero-order valence-corrected chi connectivity index (χ0v) is 12.9. The number of hydrogen-bond donors (Lipinski definition) is 1. The smallest absolute Gasteiger partial charge is 0.328 e. The molecule has 5 heteroatoms. The maximum Gasteiger partial charge on any atom is 0.328 e. The fraction of sp³-hybridized carbons (Fsp3) is 0.429. The number of rotatable bonds is 5. The molecule has 19 heavy (non-hydrogen) atoms. The molecular formula is C14H18BrNO3. The van der Waals surface area contributed by atoms with Crippen LogP contribution in [0.1, 0.15) is 30.6 Å². The first-order valence-corrected chi connectivity index (χ1v) is 6.87. The minimum Gasteiger partial charge on any atom is -0.467 e. The van der Waals surface area contributed by atoms with Crippen molar-refractivity contribution in [2.24, 2.45) is 5.92 Å². The van der Waals surface area contributed by atoms with Crippen LogP contribution in [0, 0.1) is 5.92 Å². The molecule has 1 rings (SSSR count). The number of halogens is 1. The lowest BCUT2D eigenvalue weighted by atomic mass is 10.0. The molecule has 0 bridgehead atoms. The standard InChI is InChI=1S/C14H18BrNO3/c1-9(2)7-12(14(18)19-3)16-13(17)10-5-4-6-11(15)8-10/h4-6,8-9,12H,7H2,1-3H3,(H,16,17). The Morgan fingerprint density at radius 3 is 2.58 bits per heavy atom. The summed E-state index contributed by atoms with van der Waals surface area (Å²) in [7, 11) is 1.32. The molecule has 0 aliphatic carbocycles. The summed E-state index contributed by atoms with van der Waals surface area (Å²) in [4.78, 5) is 23.7. The first kappa shape index (κ1) is 15.7. The Morgan fingerprint density at radius 2 is 2.05 bits per heavy atom. The predicted molar refractivity (Wildman–Crippen MR) is 76.9 cm³/mol. The van der Waals surface area contributed by atoms with E-state index in [1.165, 1.54) is 7.11 Å². The topological polar surface area (TPSA) is 55.4 Å². The number of methoxy groups -OCH3 is 1. The highest BCUT2D eigenvalue weighted by molar-refractivity contribution is 9.10. The number of carbonyl (C=O) groups is 2. The van der Waals surface area contributed by atoms with Crippen molar-refractivity contribution in [3.8, 4) is 0 Å². The van der Waals surface area contributed by atoms with Gasteiger partial charge in [0.15, 0.2) is 0 Å². The molecule has 0 saturated heterocycles. The van der Waals surface area contributed by atoms with Crippen molar-refractivity contribution in [1.82, 2.24) is 5.32 Å². The highest BCUT2D eigenvalue weighted by Crippen LogP contribution is 2.13. The van der Waals surface area contributed by atoms with Crippen LogP contribution >= 0.6 is 15.9 Å². The molecular weight excluding hydrogens is 310 g/mol. The van der Waals surface area contributed by atoms with Crippen LogP contribution in [0.2, 0.25) is 0 Å². The Balaban J connectivity index is 2.78. The van der Waals surface area contributed by atoms with Crippen LogP contribution in [0.25, 0.3) is 0 Å². The molecule has 0 radical (unpaired) electrons. The fourth-order valence-corrected chi connectivity index (χ4v) is 2.10.